The van der Waals surface area contributed by atoms with Crippen LogP contribution < -0.4 is 18.9 Å². The van der Waals surface area contributed by atoms with E-state index in [0.717, 1.165) is 86.6 Å². The minimum atomic E-state index is -3.75. The van der Waals surface area contributed by atoms with Gasteiger partial charge in [0, 0.05) is 37.9 Å². The molecule has 6 rings (SSSR count). The summed E-state index contributed by atoms with van der Waals surface area (Å²) >= 11 is 5.92. The van der Waals surface area contributed by atoms with Crippen molar-refractivity contribution in [2.45, 2.75) is 92.9 Å². The minimum absolute atomic E-state index is 0. The van der Waals surface area contributed by atoms with Crippen LogP contribution in [0.25, 0.3) is 22.3 Å². The van der Waals surface area contributed by atoms with Crippen molar-refractivity contribution in [3.05, 3.63) is 126 Å². The molecule has 0 aliphatic carbocycles. The molecule has 0 saturated carbocycles. The van der Waals surface area contributed by atoms with Crippen LogP contribution in [0.1, 0.15) is 101 Å². The van der Waals surface area contributed by atoms with Gasteiger partial charge in [0.25, 0.3) is 0 Å². The number of alkyl halides is 7. The zero-order valence-corrected chi connectivity index (χ0v) is 37.8. The van der Waals surface area contributed by atoms with E-state index in [2.05, 4.69) is 27.7 Å². The maximum Gasteiger partial charge on any atom is 1.00 e. The van der Waals surface area contributed by atoms with Crippen molar-refractivity contribution >= 4 is 47.8 Å². The Morgan fingerprint density at radius 3 is 1.21 bits per heavy atom. The van der Waals surface area contributed by atoms with E-state index in [0.29, 0.717) is 23.0 Å². The molecule has 58 heavy (non-hydrogen) atoms. The van der Waals surface area contributed by atoms with Crippen molar-refractivity contribution in [2.75, 3.05) is 13.2 Å². The van der Waals surface area contributed by atoms with Crippen molar-refractivity contribution in [3.8, 4) is 22.3 Å². The molecule has 2 fully saturated rings. The molecule has 14 heteroatoms. The monoisotopic (exact) mass is 1000 g/mol. The quantitative estimate of drug-likeness (QED) is 0.0758. The molecule has 0 aromatic heterocycles. The average Bonchev–Trinajstić information content (AvgIpc) is 3.16. The fraction of sp³-hybridized carbons (Fsp3) is 0.432. The van der Waals surface area contributed by atoms with E-state index in [1.54, 1.807) is 12.1 Å². The summed E-state index contributed by atoms with van der Waals surface area (Å²) in [5.74, 6) is -2.41. The molecule has 2 saturated heterocycles. The second-order valence-electron chi connectivity index (χ2n) is 13.8. The largest absolute Gasteiger partial charge is 1.00 e. The Kier molecular flexibility index (Phi) is 22.8. The van der Waals surface area contributed by atoms with Crippen LogP contribution in [0.15, 0.2) is 78.9 Å². The Labute approximate surface area is 374 Å². The minimum Gasteiger partial charge on any atom is -0.373 e. The summed E-state index contributed by atoms with van der Waals surface area (Å²) < 4.78 is 112. The topological polar surface area (TPSA) is 18.5 Å². The number of halogens is 11. The zero-order valence-electron chi connectivity index (χ0n) is 33.1. The Morgan fingerprint density at radius 1 is 0.586 bits per heavy atom. The van der Waals surface area contributed by atoms with Crippen molar-refractivity contribution in [1.29, 1.82) is 0 Å². The van der Waals surface area contributed by atoms with Crippen molar-refractivity contribution < 1.29 is 63.5 Å². The summed E-state index contributed by atoms with van der Waals surface area (Å²) in [6, 6.07) is 20.4. The Hall–Kier alpha value is -1.72. The summed E-state index contributed by atoms with van der Waals surface area (Å²) in [5.41, 5.74) is 2.99. The van der Waals surface area contributed by atoms with Crippen LogP contribution in [0.5, 0.6) is 0 Å². The third kappa shape index (κ3) is 17.7. The molecule has 314 valence electrons. The third-order valence-electron chi connectivity index (χ3n) is 9.67. The maximum atomic E-state index is 14.0. The van der Waals surface area contributed by atoms with Gasteiger partial charge in [-0.15, -0.1) is 0 Å². The van der Waals surface area contributed by atoms with Crippen LogP contribution in [0.3, 0.4) is 0 Å². The SMILES string of the molecule is CCC1CCC(c2ccc(-c3cc(F)c(C(F)(F)Br)c(F)c3)cc2)OC1.CCC1CCC(c2ccc(-c3cc(F)cc(F)c3)cc2)OC1.FC(F)(Br)Br.[CH2-]CCC.[Li+]. The molecule has 4 aromatic rings. The second-order valence-corrected chi connectivity index (χ2v) is 17.9. The molecule has 4 atom stereocenters. The van der Waals surface area contributed by atoms with Crippen LogP contribution in [0, 0.1) is 42.0 Å². The fourth-order valence-corrected chi connectivity index (χ4v) is 6.67. The van der Waals surface area contributed by atoms with E-state index in [9.17, 15) is 35.1 Å². The summed E-state index contributed by atoms with van der Waals surface area (Å²) in [4.78, 5) is -3.75. The van der Waals surface area contributed by atoms with Crippen molar-refractivity contribution in [3.63, 3.8) is 0 Å². The van der Waals surface area contributed by atoms with E-state index in [4.69, 9.17) is 9.47 Å². The molecule has 2 aliphatic heterocycles. The van der Waals surface area contributed by atoms with Crippen LogP contribution in [-0.4, -0.2) is 17.0 Å². The third-order valence-corrected chi connectivity index (χ3v) is 10.1. The van der Waals surface area contributed by atoms with E-state index in [1.165, 1.54) is 25.0 Å². The number of hydrogen-bond acceptors (Lipinski definition) is 2. The first kappa shape index (κ1) is 52.4. The van der Waals surface area contributed by atoms with Crippen molar-refractivity contribution in [2.24, 2.45) is 11.8 Å². The van der Waals surface area contributed by atoms with Crippen molar-refractivity contribution in [1.82, 2.24) is 0 Å². The van der Waals surface area contributed by atoms with Crippen LogP contribution >= 0.6 is 47.8 Å². The van der Waals surface area contributed by atoms with E-state index >= 15 is 0 Å². The van der Waals surface area contributed by atoms with Gasteiger partial charge in [0.15, 0.2) is 0 Å². The van der Waals surface area contributed by atoms with Gasteiger partial charge >= 0.3 is 27.4 Å². The molecular formula is C44H48Br3F8LiO2. The molecule has 0 bridgehead atoms. The van der Waals surface area contributed by atoms with Gasteiger partial charge in [0.05, 0.1) is 25.4 Å². The van der Waals surface area contributed by atoms with Gasteiger partial charge in [-0.2, -0.15) is 24.0 Å². The fourth-order valence-electron chi connectivity index (χ4n) is 6.29. The average molecular weight is 1010 g/mol. The summed E-state index contributed by atoms with van der Waals surface area (Å²) in [5, 5.41) is 0. The Bertz CT molecular complexity index is 1740. The number of hydrogen-bond donors (Lipinski definition) is 0. The summed E-state index contributed by atoms with van der Waals surface area (Å²) in [7, 11) is 0. The maximum absolute atomic E-state index is 14.0. The van der Waals surface area contributed by atoms with Crippen LogP contribution in [-0.2, 0) is 14.3 Å². The second kappa shape index (κ2) is 25.3. The molecule has 0 radical (unpaired) electrons. The van der Waals surface area contributed by atoms with Gasteiger partial charge in [0.1, 0.15) is 28.8 Å². The first-order valence-corrected chi connectivity index (χ1v) is 21.3. The first-order chi connectivity index (χ1) is 26.9. The van der Waals surface area contributed by atoms with Gasteiger partial charge in [-0.25, -0.2) is 17.6 Å². The zero-order chi connectivity index (χ0) is 42.3. The first-order valence-electron chi connectivity index (χ1n) is 18.9. The summed E-state index contributed by atoms with van der Waals surface area (Å²) in [6.07, 6.45) is 8.99. The molecule has 0 amide bonds. The van der Waals surface area contributed by atoms with Gasteiger partial charge < -0.3 is 16.4 Å². The van der Waals surface area contributed by atoms with Gasteiger partial charge in [-0.05, 0) is 111 Å². The van der Waals surface area contributed by atoms with Crippen LogP contribution in [0.2, 0.25) is 0 Å². The molecule has 4 aromatic carbocycles. The smallest absolute Gasteiger partial charge is 0.373 e. The molecule has 2 heterocycles. The van der Waals surface area contributed by atoms with Gasteiger partial charge in [0.2, 0.25) is 0 Å². The summed E-state index contributed by atoms with van der Waals surface area (Å²) in [6.45, 7) is 11.6. The normalized spacial score (nSPS) is 19.2. The predicted molar refractivity (Wildman–Crippen MR) is 223 cm³/mol. The standard InChI is InChI=1S/C20H19BrF4O.C19H20F2O.C4H9.CBr2F2.Li/c1-2-12-3-8-18(26-11-12)14-6-4-13(5-7-14)15-9-16(22)19(17(23)10-15)20(21,24)25;1-2-13-3-8-19(22-12-13)15-6-4-14(5-7-15)16-9-17(20)11-18(21)10-16;1-3-4-2;2-1(3,4)5;/h4-7,9-10,12,18H,2-3,8,11H2,1H3;4-7,9-11,13,19H,2-3,8,12H2,1H3;1,3-4H2,2H3;;/q;;-1;;+1. The molecule has 2 aliphatic rings. The molecule has 2 nitrogen and oxygen atoms in total. The Morgan fingerprint density at radius 2 is 0.931 bits per heavy atom. The molecule has 0 N–H and O–H groups in total. The van der Waals surface area contributed by atoms with Gasteiger partial charge in [-0.3, -0.25) is 0 Å². The van der Waals surface area contributed by atoms with Crippen LogP contribution in [0.4, 0.5) is 35.1 Å². The Balaban J connectivity index is 0.000000329. The number of ether oxygens (including phenoxy) is 2. The van der Waals surface area contributed by atoms with Gasteiger partial charge in [-0.1, -0.05) is 88.6 Å². The molecule has 4 unspecified atom stereocenters. The number of unbranched alkanes of at least 4 members (excludes halogenated alkanes) is 1. The van der Waals surface area contributed by atoms with E-state index in [1.807, 2.05) is 84.2 Å². The van der Waals surface area contributed by atoms with E-state index < -0.39 is 37.4 Å². The van der Waals surface area contributed by atoms with E-state index in [-0.39, 0.29) is 36.6 Å². The molecule has 0 spiro atoms. The predicted octanol–water partition coefficient (Wildman–Crippen LogP) is 13.4. The molecular weight excluding hydrogens is 959 g/mol. The number of rotatable bonds is 8. The number of benzene rings is 4.